The van der Waals surface area contributed by atoms with Crippen LogP contribution in [0.5, 0.6) is 0 Å². The van der Waals surface area contributed by atoms with E-state index >= 15 is 0 Å². The van der Waals surface area contributed by atoms with E-state index in [1.165, 1.54) is 32.1 Å². The normalized spacial score (nSPS) is 19.0. The fourth-order valence-corrected chi connectivity index (χ4v) is 2.72. The number of hydrogen-bond acceptors (Lipinski definition) is 4. The number of nitrogens with zero attached hydrogens (tertiary/aromatic N) is 2. The van der Waals surface area contributed by atoms with Gasteiger partial charge in [-0.15, -0.1) is 0 Å². The number of nitrogens with two attached hydrogens (primary N) is 1. The molecule has 2 rings (SSSR count). The molecule has 1 aromatic rings. The van der Waals surface area contributed by atoms with Crippen LogP contribution < -0.4 is 5.73 Å². The van der Waals surface area contributed by atoms with Crippen LogP contribution in [0, 0.1) is 5.92 Å². The molecule has 1 saturated carbocycles. The molecule has 0 radical (unpaired) electrons. The van der Waals surface area contributed by atoms with Crippen LogP contribution in [0.4, 0.5) is 0 Å². The lowest BCUT2D eigenvalue weighted by Crippen LogP contribution is -2.20. The molecule has 0 aliphatic heterocycles. The Kier molecular flexibility index (Phi) is 5.13. The Bertz CT molecular complexity index is 347. The molecule has 3 N–H and O–H groups in total. The molecule has 0 bridgehead atoms. The summed E-state index contributed by atoms with van der Waals surface area (Å²) in [5, 5.41) is 7.28. The van der Waals surface area contributed by atoms with E-state index in [0.29, 0.717) is 19.1 Å². The average molecular weight is 252 g/mol. The van der Waals surface area contributed by atoms with Crippen molar-refractivity contribution in [3.8, 4) is 0 Å². The van der Waals surface area contributed by atoms with Crippen molar-refractivity contribution in [2.24, 2.45) is 11.7 Å². The molecule has 1 fully saturated rings. The van der Waals surface area contributed by atoms with Crippen LogP contribution in [0.1, 0.15) is 56.8 Å². The third-order valence-electron chi connectivity index (χ3n) is 3.61. The highest BCUT2D eigenvalue weighted by molar-refractivity contribution is 4.97. The Balaban J connectivity index is 2.06. The summed E-state index contributed by atoms with van der Waals surface area (Å²) in [5.41, 5.74) is 5.53. The van der Waals surface area contributed by atoms with Gasteiger partial charge in [-0.3, -0.25) is 5.10 Å². The van der Waals surface area contributed by atoms with Crippen LogP contribution in [0.3, 0.4) is 0 Å². The van der Waals surface area contributed by atoms with Crippen LogP contribution in [-0.2, 0) is 11.2 Å². The molecule has 0 spiro atoms. The van der Waals surface area contributed by atoms with Gasteiger partial charge < -0.3 is 10.5 Å². The summed E-state index contributed by atoms with van der Waals surface area (Å²) in [7, 11) is 0. The van der Waals surface area contributed by atoms with Crippen molar-refractivity contribution < 1.29 is 4.74 Å². The molecule has 0 aromatic carbocycles. The maximum absolute atomic E-state index is 5.88. The first kappa shape index (κ1) is 13.5. The van der Waals surface area contributed by atoms with Gasteiger partial charge in [0.05, 0.1) is 0 Å². The van der Waals surface area contributed by atoms with E-state index in [4.69, 9.17) is 10.5 Å². The summed E-state index contributed by atoms with van der Waals surface area (Å²) >= 11 is 0. The Morgan fingerprint density at radius 2 is 2.17 bits per heavy atom. The quantitative estimate of drug-likeness (QED) is 0.811. The monoisotopic (exact) mass is 252 g/mol. The largest absolute Gasteiger partial charge is 0.370 e. The molecule has 102 valence electrons. The first-order valence-corrected chi connectivity index (χ1v) is 7.08. The van der Waals surface area contributed by atoms with Gasteiger partial charge in [-0.05, 0) is 32.2 Å². The van der Waals surface area contributed by atoms with E-state index in [0.717, 1.165) is 18.1 Å². The number of aromatic amines is 1. The third-order valence-corrected chi connectivity index (χ3v) is 3.61. The number of H-pyrrole nitrogens is 1. The fourth-order valence-electron chi connectivity index (χ4n) is 2.72. The van der Waals surface area contributed by atoms with Crippen molar-refractivity contribution >= 4 is 0 Å². The lowest BCUT2D eigenvalue weighted by atomic mass is 9.85. The van der Waals surface area contributed by atoms with Crippen molar-refractivity contribution in [2.75, 3.05) is 13.2 Å². The molecule has 1 heterocycles. The minimum atomic E-state index is 0.0538. The molecule has 0 amide bonds. The Morgan fingerprint density at radius 3 is 2.83 bits per heavy atom. The predicted octanol–water partition coefficient (Wildman–Crippen LogP) is 1.96. The highest BCUT2D eigenvalue weighted by Crippen LogP contribution is 2.35. The van der Waals surface area contributed by atoms with Crippen molar-refractivity contribution in [2.45, 2.75) is 51.6 Å². The summed E-state index contributed by atoms with van der Waals surface area (Å²) in [6.07, 6.45) is 7.20. The van der Waals surface area contributed by atoms with Crippen LogP contribution in [0.25, 0.3) is 0 Å². The Hall–Kier alpha value is -0.940. The van der Waals surface area contributed by atoms with Gasteiger partial charge in [0.2, 0.25) is 0 Å². The van der Waals surface area contributed by atoms with Gasteiger partial charge in [-0.25, -0.2) is 4.98 Å². The molecule has 1 aliphatic carbocycles. The number of hydrogen-bond donors (Lipinski definition) is 2. The van der Waals surface area contributed by atoms with Crippen LogP contribution in [0.2, 0.25) is 0 Å². The van der Waals surface area contributed by atoms with Gasteiger partial charge in [-0.2, -0.15) is 5.10 Å². The molecular weight excluding hydrogens is 228 g/mol. The zero-order valence-electron chi connectivity index (χ0n) is 11.2. The zero-order valence-corrected chi connectivity index (χ0v) is 11.2. The number of aromatic nitrogens is 3. The topological polar surface area (TPSA) is 76.8 Å². The smallest absolute Gasteiger partial charge is 0.179 e. The minimum absolute atomic E-state index is 0.0538. The van der Waals surface area contributed by atoms with Gasteiger partial charge in [0.15, 0.2) is 5.82 Å². The molecule has 5 heteroatoms. The summed E-state index contributed by atoms with van der Waals surface area (Å²) in [4.78, 5) is 4.52. The lowest BCUT2D eigenvalue weighted by molar-refractivity contribution is 0.0000137. The Labute approximate surface area is 109 Å². The van der Waals surface area contributed by atoms with E-state index < -0.39 is 0 Å². The van der Waals surface area contributed by atoms with Crippen LogP contribution in [-0.4, -0.2) is 28.3 Å². The van der Waals surface area contributed by atoms with Crippen molar-refractivity contribution in [1.82, 2.24) is 15.2 Å². The maximum Gasteiger partial charge on any atom is 0.179 e. The molecular formula is C13H24N4O. The fraction of sp³-hybridized carbons (Fsp3) is 0.846. The second kappa shape index (κ2) is 6.85. The number of ether oxygens (including phenoxy) is 1. The molecule has 5 nitrogen and oxygen atoms in total. The summed E-state index contributed by atoms with van der Waals surface area (Å²) in [6.45, 7) is 3.34. The van der Waals surface area contributed by atoms with E-state index in [2.05, 4.69) is 15.2 Å². The predicted molar refractivity (Wildman–Crippen MR) is 70.1 cm³/mol. The molecule has 1 aliphatic rings. The first-order valence-electron chi connectivity index (χ1n) is 7.08. The molecule has 0 saturated heterocycles. The van der Waals surface area contributed by atoms with Crippen molar-refractivity contribution in [1.29, 1.82) is 0 Å². The summed E-state index contributed by atoms with van der Waals surface area (Å²) in [5.74, 6) is 2.25. The van der Waals surface area contributed by atoms with Gasteiger partial charge in [0, 0.05) is 13.0 Å². The van der Waals surface area contributed by atoms with E-state index in [9.17, 15) is 0 Å². The highest BCUT2D eigenvalue weighted by Gasteiger charge is 2.28. The van der Waals surface area contributed by atoms with Gasteiger partial charge in [0.1, 0.15) is 11.9 Å². The molecule has 1 unspecified atom stereocenters. The Morgan fingerprint density at radius 1 is 1.39 bits per heavy atom. The van der Waals surface area contributed by atoms with Gasteiger partial charge >= 0.3 is 0 Å². The highest BCUT2D eigenvalue weighted by atomic mass is 16.5. The third kappa shape index (κ3) is 3.29. The lowest BCUT2D eigenvalue weighted by Gasteiger charge is -2.28. The second-order valence-electron chi connectivity index (χ2n) is 4.95. The van der Waals surface area contributed by atoms with E-state index in [1.807, 2.05) is 6.92 Å². The number of rotatable bonds is 6. The van der Waals surface area contributed by atoms with Gasteiger partial charge in [0.25, 0.3) is 0 Å². The van der Waals surface area contributed by atoms with Gasteiger partial charge in [-0.1, -0.05) is 19.3 Å². The van der Waals surface area contributed by atoms with Crippen molar-refractivity contribution in [3.63, 3.8) is 0 Å². The standard InChI is InChI=1S/C13H24N4O/c1-2-18-12(10-6-4-3-5-7-10)13-15-11(8-9-14)16-17-13/h10,12H,2-9,14H2,1H3,(H,15,16,17). The minimum Gasteiger partial charge on any atom is -0.370 e. The first-order chi connectivity index (χ1) is 8.85. The average Bonchev–Trinajstić information content (AvgIpc) is 2.86. The SMILES string of the molecule is CCOC(c1n[nH]c(CCN)n1)C1CCCCC1. The molecule has 1 atom stereocenters. The maximum atomic E-state index is 5.88. The van der Waals surface area contributed by atoms with E-state index in [1.54, 1.807) is 0 Å². The van der Waals surface area contributed by atoms with E-state index in [-0.39, 0.29) is 6.10 Å². The van der Waals surface area contributed by atoms with Crippen LogP contribution in [0.15, 0.2) is 0 Å². The summed E-state index contributed by atoms with van der Waals surface area (Å²) in [6, 6.07) is 0. The second-order valence-corrected chi connectivity index (χ2v) is 4.95. The number of nitrogens with one attached hydrogen (secondary N) is 1. The molecule has 18 heavy (non-hydrogen) atoms. The van der Waals surface area contributed by atoms with Crippen LogP contribution >= 0.6 is 0 Å². The molecule has 1 aromatic heterocycles. The summed E-state index contributed by atoms with van der Waals surface area (Å²) < 4.78 is 5.88. The zero-order chi connectivity index (χ0) is 12.8. The van der Waals surface area contributed by atoms with Crippen molar-refractivity contribution in [3.05, 3.63) is 11.6 Å².